The monoisotopic (exact) mass is 586 g/mol. The number of fused-ring (bicyclic) bond motifs is 1. The van der Waals surface area contributed by atoms with Crippen LogP contribution >= 0.6 is 0 Å². The highest BCUT2D eigenvalue weighted by Crippen LogP contribution is 2.27. The number of carbonyl (C=O) groups excluding carboxylic acids is 3. The second-order valence-electron chi connectivity index (χ2n) is 10.3. The molecule has 0 saturated heterocycles. The first-order valence-electron chi connectivity index (χ1n) is 14.5. The molecule has 0 heterocycles. The van der Waals surface area contributed by atoms with Gasteiger partial charge in [0.15, 0.2) is 5.78 Å². The Morgan fingerprint density at radius 2 is 1.45 bits per heavy atom. The van der Waals surface area contributed by atoms with Crippen molar-refractivity contribution in [3.8, 4) is 5.75 Å². The maximum absolute atomic E-state index is 13.2. The van der Waals surface area contributed by atoms with E-state index in [2.05, 4.69) is 5.32 Å². The molecule has 0 aliphatic heterocycles. The maximum atomic E-state index is 13.2. The normalized spacial score (nSPS) is 11.4. The Morgan fingerprint density at radius 1 is 0.773 bits per heavy atom. The van der Waals surface area contributed by atoms with Crippen molar-refractivity contribution in [2.75, 3.05) is 30.5 Å². The van der Waals surface area contributed by atoms with Crippen LogP contribution in [0.2, 0.25) is 0 Å². The van der Waals surface area contributed by atoms with Gasteiger partial charge in [-0.2, -0.15) is 0 Å². The molecular formula is C37H34N2O5. The minimum absolute atomic E-state index is 0.0614. The maximum Gasteiger partial charge on any atom is 0.328 e. The molecule has 0 aliphatic rings. The Bertz CT molecular complexity index is 1750. The van der Waals surface area contributed by atoms with E-state index in [1.54, 1.807) is 42.2 Å². The predicted molar refractivity (Wildman–Crippen MR) is 173 cm³/mol. The summed E-state index contributed by atoms with van der Waals surface area (Å²) >= 11 is 0. The van der Waals surface area contributed by atoms with Gasteiger partial charge in [0.2, 0.25) is 5.91 Å². The van der Waals surface area contributed by atoms with Crippen molar-refractivity contribution in [1.82, 2.24) is 0 Å². The van der Waals surface area contributed by atoms with Gasteiger partial charge in [-0.1, -0.05) is 91.0 Å². The minimum Gasteiger partial charge on any atom is -0.492 e. The molecule has 44 heavy (non-hydrogen) atoms. The largest absolute Gasteiger partial charge is 0.492 e. The van der Waals surface area contributed by atoms with Crippen LogP contribution in [0.5, 0.6) is 5.75 Å². The van der Waals surface area contributed by atoms with Gasteiger partial charge in [-0.25, -0.2) is 4.79 Å². The molecule has 7 heteroatoms. The number of methoxy groups -OCH3 is 1. The molecule has 1 unspecified atom stereocenters. The van der Waals surface area contributed by atoms with E-state index in [1.807, 2.05) is 91.0 Å². The number of ether oxygens (including phenoxy) is 2. The fourth-order valence-corrected chi connectivity index (χ4v) is 5.18. The molecule has 0 radical (unpaired) electrons. The number of rotatable bonds is 12. The first-order chi connectivity index (χ1) is 21.4. The van der Waals surface area contributed by atoms with Gasteiger partial charge >= 0.3 is 5.97 Å². The number of nitrogens with zero attached hydrogens (tertiary/aromatic N) is 1. The average molecular weight is 587 g/mol. The highest BCUT2D eigenvalue weighted by atomic mass is 16.5. The summed E-state index contributed by atoms with van der Waals surface area (Å²) in [4.78, 5) is 40.2. The summed E-state index contributed by atoms with van der Waals surface area (Å²) in [6, 6.07) is 36.8. The van der Waals surface area contributed by atoms with Crippen molar-refractivity contribution in [2.24, 2.45) is 0 Å². The van der Waals surface area contributed by atoms with Gasteiger partial charge in [0, 0.05) is 35.5 Å². The number of nitrogens with one attached hydrogen (secondary N) is 1. The van der Waals surface area contributed by atoms with Crippen molar-refractivity contribution in [2.45, 2.75) is 19.4 Å². The van der Waals surface area contributed by atoms with Crippen LogP contribution in [0.25, 0.3) is 10.8 Å². The second-order valence-corrected chi connectivity index (χ2v) is 10.3. The van der Waals surface area contributed by atoms with Crippen LogP contribution in [0, 0.1) is 0 Å². The number of anilines is 2. The number of hydrogen-bond donors (Lipinski definition) is 1. The van der Waals surface area contributed by atoms with E-state index in [4.69, 9.17) is 9.47 Å². The standard InChI is InChI=1S/C37H34N2O5/c1-26(40)39(35-18-10-14-28-11-6-7-15-31(28)35)23-24-44-30-21-19-27(20-22-30)25-34(37(42)43-2)38-33-17-9-8-16-32(33)36(41)29-12-4-3-5-13-29/h3-22,34,38H,23-25H2,1-2H3. The first kappa shape index (κ1) is 30.0. The molecule has 0 aliphatic carbocycles. The molecule has 0 spiro atoms. The molecule has 5 aromatic carbocycles. The van der Waals surface area contributed by atoms with E-state index in [0.29, 0.717) is 42.1 Å². The topological polar surface area (TPSA) is 84.9 Å². The number of amides is 1. The summed E-state index contributed by atoms with van der Waals surface area (Å²) in [7, 11) is 1.34. The summed E-state index contributed by atoms with van der Waals surface area (Å²) in [5, 5.41) is 5.31. The Labute approximate surface area is 257 Å². The van der Waals surface area contributed by atoms with Crippen molar-refractivity contribution in [1.29, 1.82) is 0 Å². The van der Waals surface area contributed by atoms with Gasteiger partial charge in [0.05, 0.1) is 19.3 Å². The lowest BCUT2D eigenvalue weighted by Gasteiger charge is -2.23. The summed E-state index contributed by atoms with van der Waals surface area (Å²) in [6.07, 6.45) is 0.333. The van der Waals surface area contributed by atoms with E-state index in [9.17, 15) is 14.4 Å². The van der Waals surface area contributed by atoms with Crippen molar-refractivity contribution in [3.05, 3.63) is 138 Å². The van der Waals surface area contributed by atoms with Crippen LogP contribution in [0.4, 0.5) is 11.4 Å². The Morgan fingerprint density at radius 3 is 2.20 bits per heavy atom. The van der Waals surface area contributed by atoms with Crippen molar-refractivity contribution < 1.29 is 23.9 Å². The molecule has 1 atom stereocenters. The Kier molecular flexibility index (Phi) is 9.67. The van der Waals surface area contributed by atoms with Gasteiger partial charge < -0.3 is 19.7 Å². The smallest absolute Gasteiger partial charge is 0.328 e. The molecule has 0 aromatic heterocycles. The van der Waals surface area contributed by atoms with Crippen LogP contribution in [0.15, 0.2) is 121 Å². The quantitative estimate of drug-likeness (QED) is 0.129. The number of benzene rings is 5. The third kappa shape index (κ3) is 7.13. The summed E-state index contributed by atoms with van der Waals surface area (Å²) in [5.41, 5.74) is 3.32. The molecular weight excluding hydrogens is 552 g/mol. The van der Waals surface area contributed by atoms with E-state index in [-0.39, 0.29) is 11.7 Å². The van der Waals surface area contributed by atoms with Gasteiger partial charge in [-0.3, -0.25) is 9.59 Å². The molecule has 1 N–H and O–H groups in total. The van der Waals surface area contributed by atoms with Crippen molar-refractivity contribution in [3.63, 3.8) is 0 Å². The molecule has 1 amide bonds. The average Bonchev–Trinajstić information content (AvgIpc) is 3.06. The third-order valence-electron chi connectivity index (χ3n) is 7.41. The summed E-state index contributed by atoms with van der Waals surface area (Å²) in [6.45, 7) is 2.25. The fraction of sp³-hybridized carbons (Fsp3) is 0.162. The molecule has 5 rings (SSSR count). The Balaban J connectivity index is 1.24. The number of ketones is 1. The summed E-state index contributed by atoms with van der Waals surface area (Å²) < 4.78 is 11.1. The lowest BCUT2D eigenvalue weighted by Crippen LogP contribution is -2.33. The molecule has 0 bridgehead atoms. The highest BCUT2D eigenvalue weighted by molar-refractivity contribution is 6.12. The third-order valence-corrected chi connectivity index (χ3v) is 7.41. The van der Waals surface area contributed by atoms with Crippen LogP contribution < -0.4 is 15.0 Å². The van der Waals surface area contributed by atoms with Crippen LogP contribution in [-0.4, -0.2) is 44.0 Å². The number of carbonyl (C=O) groups is 3. The van der Waals surface area contributed by atoms with E-state index < -0.39 is 12.0 Å². The zero-order valence-electron chi connectivity index (χ0n) is 24.7. The van der Waals surface area contributed by atoms with Gasteiger partial charge in [0.25, 0.3) is 0 Å². The highest BCUT2D eigenvalue weighted by Gasteiger charge is 2.23. The van der Waals surface area contributed by atoms with Gasteiger partial charge in [-0.05, 0) is 41.3 Å². The van der Waals surface area contributed by atoms with Crippen LogP contribution in [0.1, 0.15) is 28.4 Å². The molecule has 0 fully saturated rings. The van der Waals surface area contributed by atoms with Crippen LogP contribution in [-0.2, 0) is 20.7 Å². The van der Waals surface area contributed by atoms with Crippen molar-refractivity contribution >= 4 is 39.8 Å². The summed E-state index contributed by atoms with van der Waals surface area (Å²) in [5.74, 6) is 0.0119. The second kappa shape index (κ2) is 14.2. The zero-order chi connectivity index (χ0) is 30.9. The van der Waals surface area contributed by atoms with Crippen LogP contribution in [0.3, 0.4) is 0 Å². The van der Waals surface area contributed by atoms with E-state index >= 15 is 0 Å². The zero-order valence-corrected chi connectivity index (χ0v) is 24.7. The lowest BCUT2D eigenvalue weighted by atomic mass is 10.00. The predicted octanol–water partition coefficient (Wildman–Crippen LogP) is 6.70. The van der Waals surface area contributed by atoms with E-state index in [0.717, 1.165) is 22.0 Å². The first-order valence-corrected chi connectivity index (χ1v) is 14.5. The molecule has 7 nitrogen and oxygen atoms in total. The Hall–Kier alpha value is -5.43. The van der Waals surface area contributed by atoms with E-state index in [1.165, 1.54) is 7.11 Å². The SMILES string of the molecule is COC(=O)C(Cc1ccc(OCCN(C(C)=O)c2cccc3ccccc23)cc1)Nc1ccccc1C(=O)c1ccccc1. The minimum atomic E-state index is -0.721. The number of hydrogen-bond acceptors (Lipinski definition) is 6. The number of para-hydroxylation sites is 1. The van der Waals surface area contributed by atoms with Gasteiger partial charge in [-0.15, -0.1) is 0 Å². The lowest BCUT2D eigenvalue weighted by molar-refractivity contribution is -0.141. The van der Waals surface area contributed by atoms with Gasteiger partial charge in [0.1, 0.15) is 18.4 Å². The number of esters is 1. The molecule has 5 aromatic rings. The molecule has 222 valence electrons. The molecule has 0 saturated carbocycles. The fourth-order valence-electron chi connectivity index (χ4n) is 5.18.